The molecule has 5 nitrogen and oxygen atoms in total. The lowest BCUT2D eigenvalue weighted by Gasteiger charge is -2.33. The lowest BCUT2D eigenvalue weighted by molar-refractivity contribution is -0.117. The highest BCUT2D eigenvalue weighted by Crippen LogP contribution is 2.29. The molecule has 25 heavy (non-hydrogen) atoms. The minimum Gasteiger partial charge on any atom is -0.370 e. The number of rotatable bonds is 4. The second-order valence-electron chi connectivity index (χ2n) is 5.97. The van der Waals surface area contributed by atoms with Gasteiger partial charge in [0.1, 0.15) is 6.10 Å². The van der Waals surface area contributed by atoms with Gasteiger partial charge >= 0.3 is 0 Å². The van der Waals surface area contributed by atoms with Crippen molar-refractivity contribution in [1.82, 2.24) is 4.90 Å². The molecule has 3 rings (SSSR count). The molecule has 1 unspecified atom stereocenters. The summed E-state index contributed by atoms with van der Waals surface area (Å²) in [5.74, 6) is -0.422. The highest BCUT2D eigenvalue weighted by Gasteiger charge is 2.27. The number of carbonyl (C=O) groups excluding carboxylic acids is 2. The molecule has 6 heteroatoms. The number of amides is 2. The van der Waals surface area contributed by atoms with Crippen molar-refractivity contribution in [2.24, 2.45) is 5.73 Å². The van der Waals surface area contributed by atoms with Crippen molar-refractivity contribution in [2.75, 3.05) is 19.7 Å². The molecular formula is C19H19BrN2O3. The summed E-state index contributed by atoms with van der Waals surface area (Å²) >= 11 is 3.54. The number of halogens is 1. The molecule has 1 fully saturated rings. The molecule has 0 radical (unpaired) electrons. The Morgan fingerprint density at radius 2 is 1.88 bits per heavy atom. The van der Waals surface area contributed by atoms with E-state index >= 15 is 0 Å². The fraction of sp³-hybridized carbons (Fsp3) is 0.263. The number of nitrogens with two attached hydrogens (primary N) is 1. The molecule has 0 saturated carbocycles. The molecule has 130 valence electrons. The van der Waals surface area contributed by atoms with E-state index in [0.717, 1.165) is 15.6 Å². The van der Waals surface area contributed by atoms with Gasteiger partial charge in [-0.25, -0.2) is 0 Å². The Labute approximate surface area is 154 Å². The third-order valence-corrected chi connectivity index (χ3v) is 4.91. The zero-order valence-corrected chi connectivity index (χ0v) is 15.2. The number of nitrogens with zero attached hydrogens (tertiary/aromatic N) is 1. The number of hydrogen-bond acceptors (Lipinski definition) is 3. The van der Waals surface area contributed by atoms with Gasteiger partial charge in [-0.2, -0.15) is 0 Å². The first-order valence-electron chi connectivity index (χ1n) is 8.07. The molecule has 0 bridgehead atoms. The molecule has 0 aromatic heterocycles. The molecule has 1 heterocycles. The molecular weight excluding hydrogens is 384 g/mol. The van der Waals surface area contributed by atoms with Gasteiger partial charge in [0.15, 0.2) is 0 Å². The molecule has 1 aliphatic rings. The van der Waals surface area contributed by atoms with Crippen LogP contribution in [0.4, 0.5) is 0 Å². The van der Waals surface area contributed by atoms with Crippen LogP contribution in [-0.4, -0.2) is 36.4 Å². The third-order valence-electron chi connectivity index (χ3n) is 4.19. The van der Waals surface area contributed by atoms with Crippen LogP contribution in [0.25, 0.3) is 0 Å². The molecule has 2 amide bonds. The van der Waals surface area contributed by atoms with Gasteiger partial charge in [0.05, 0.1) is 19.6 Å². The summed E-state index contributed by atoms with van der Waals surface area (Å²) in [5, 5.41) is 0. The zero-order valence-electron chi connectivity index (χ0n) is 13.7. The van der Waals surface area contributed by atoms with E-state index in [4.69, 9.17) is 10.5 Å². The summed E-state index contributed by atoms with van der Waals surface area (Å²) in [6.45, 7) is 1.56. The van der Waals surface area contributed by atoms with Crippen LogP contribution in [-0.2, 0) is 16.0 Å². The fourth-order valence-corrected chi connectivity index (χ4v) is 3.45. The third kappa shape index (κ3) is 4.27. The maximum atomic E-state index is 12.8. The van der Waals surface area contributed by atoms with E-state index in [-0.39, 0.29) is 24.3 Å². The summed E-state index contributed by atoms with van der Waals surface area (Å²) in [5.41, 5.74) is 7.63. The van der Waals surface area contributed by atoms with Crippen molar-refractivity contribution in [3.8, 4) is 0 Å². The SMILES string of the molecule is NC(=O)Cc1ccc(C(=O)N2CCOC(c3ccccc3Br)C2)cc1. The summed E-state index contributed by atoms with van der Waals surface area (Å²) in [7, 11) is 0. The zero-order chi connectivity index (χ0) is 17.8. The Morgan fingerprint density at radius 3 is 2.56 bits per heavy atom. The lowest BCUT2D eigenvalue weighted by atomic mass is 10.1. The van der Waals surface area contributed by atoms with Crippen LogP contribution in [0, 0.1) is 0 Å². The number of ether oxygens (including phenoxy) is 1. The summed E-state index contributed by atoms with van der Waals surface area (Å²) < 4.78 is 6.83. The number of primary amides is 1. The molecule has 1 saturated heterocycles. The van der Waals surface area contributed by atoms with Crippen molar-refractivity contribution in [1.29, 1.82) is 0 Å². The van der Waals surface area contributed by atoms with Crippen molar-refractivity contribution in [2.45, 2.75) is 12.5 Å². The van der Waals surface area contributed by atoms with E-state index in [1.54, 1.807) is 29.2 Å². The number of hydrogen-bond donors (Lipinski definition) is 1. The highest BCUT2D eigenvalue weighted by atomic mass is 79.9. The quantitative estimate of drug-likeness (QED) is 0.853. The summed E-state index contributed by atoms with van der Waals surface area (Å²) in [4.78, 5) is 25.5. The van der Waals surface area contributed by atoms with Crippen LogP contribution in [0.1, 0.15) is 27.6 Å². The number of carbonyl (C=O) groups is 2. The maximum Gasteiger partial charge on any atom is 0.254 e. The van der Waals surface area contributed by atoms with Gasteiger partial charge < -0.3 is 15.4 Å². The normalized spacial score (nSPS) is 17.3. The van der Waals surface area contributed by atoms with Gasteiger partial charge in [-0.15, -0.1) is 0 Å². The predicted molar refractivity (Wildman–Crippen MR) is 98.1 cm³/mol. The van der Waals surface area contributed by atoms with E-state index in [1.807, 2.05) is 24.3 Å². The van der Waals surface area contributed by atoms with Gasteiger partial charge in [-0.1, -0.05) is 46.3 Å². The molecule has 2 aromatic rings. The monoisotopic (exact) mass is 402 g/mol. The first kappa shape index (κ1) is 17.6. The van der Waals surface area contributed by atoms with Gasteiger partial charge in [0.2, 0.25) is 5.91 Å². The highest BCUT2D eigenvalue weighted by molar-refractivity contribution is 9.10. The van der Waals surface area contributed by atoms with Gasteiger partial charge in [-0.3, -0.25) is 9.59 Å². The summed E-state index contributed by atoms with van der Waals surface area (Å²) in [6.07, 6.45) is 0.0262. The van der Waals surface area contributed by atoms with Crippen molar-refractivity contribution in [3.63, 3.8) is 0 Å². The van der Waals surface area contributed by atoms with Crippen LogP contribution in [0.2, 0.25) is 0 Å². The Hall–Kier alpha value is -2.18. The van der Waals surface area contributed by atoms with Crippen molar-refractivity contribution < 1.29 is 14.3 Å². The first-order valence-corrected chi connectivity index (χ1v) is 8.86. The van der Waals surface area contributed by atoms with Gasteiger partial charge in [0, 0.05) is 16.6 Å². The predicted octanol–water partition coefficient (Wildman–Crippen LogP) is 2.69. The van der Waals surface area contributed by atoms with Crippen LogP contribution in [0.15, 0.2) is 53.0 Å². The van der Waals surface area contributed by atoms with Gasteiger partial charge in [-0.05, 0) is 29.3 Å². The Balaban J connectivity index is 1.71. The largest absolute Gasteiger partial charge is 0.370 e. The Bertz CT molecular complexity index is 776. The van der Waals surface area contributed by atoms with E-state index in [1.165, 1.54) is 0 Å². The van der Waals surface area contributed by atoms with Crippen molar-refractivity contribution >= 4 is 27.7 Å². The number of morpholine rings is 1. The summed E-state index contributed by atoms with van der Waals surface area (Å²) in [6, 6.07) is 14.9. The number of benzene rings is 2. The van der Waals surface area contributed by atoms with E-state index in [9.17, 15) is 9.59 Å². The fourth-order valence-electron chi connectivity index (χ4n) is 2.91. The average Bonchev–Trinajstić information content (AvgIpc) is 2.62. The molecule has 2 N–H and O–H groups in total. The smallest absolute Gasteiger partial charge is 0.254 e. The molecule has 1 aliphatic heterocycles. The maximum absolute atomic E-state index is 12.8. The molecule has 0 spiro atoms. The Kier molecular flexibility index (Phi) is 5.50. The molecule has 2 aromatic carbocycles. The minimum absolute atomic E-state index is 0.0361. The molecule has 1 atom stereocenters. The van der Waals surface area contributed by atoms with E-state index in [0.29, 0.717) is 25.3 Å². The van der Waals surface area contributed by atoms with Crippen molar-refractivity contribution in [3.05, 3.63) is 69.7 Å². The standard InChI is InChI=1S/C19H19BrN2O3/c20-16-4-2-1-3-15(16)17-12-22(9-10-25-17)19(24)14-7-5-13(6-8-14)11-18(21)23/h1-8,17H,9-12H2,(H2,21,23). The average molecular weight is 403 g/mol. The van der Waals surface area contributed by atoms with Gasteiger partial charge in [0.25, 0.3) is 5.91 Å². The van der Waals surface area contributed by atoms with Crippen LogP contribution in [0.5, 0.6) is 0 Å². The van der Waals surface area contributed by atoms with E-state index in [2.05, 4.69) is 15.9 Å². The minimum atomic E-state index is -0.386. The topological polar surface area (TPSA) is 72.6 Å². The molecule has 0 aliphatic carbocycles. The second-order valence-corrected chi connectivity index (χ2v) is 6.83. The first-order chi connectivity index (χ1) is 12.0. The van der Waals surface area contributed by atoms with Crippen LogP contribution in [0.3, 0.4) is 0 Å². The van der Waals surface area contributed by atoms with Crippen LogP contribution >= 0.6 is 15.9 Å². The lowest BCUT2D eigenvalue weighted by Crippen LogP contribution is -2.42. The Morgan fingerprint density at radius 1 is 1.16 bits per heavy atom. The second kappa shape index (κ2) is 7.80. The van der Waals surface area contributed by atoms with E-state index < -0.39 is 0 Å². The van der Waals surface area contributed by atoms with Crippen LogP contribution < -0.4 is 5.73 Å².